The Hall–Kier alpha value is -2.34. The van der Waals surface area contributed by atoms with E-state index in [-0.39, 0.29) is 6.10 Å². The normalized spacial score (nSPS) is 12.8. The van der Waals surface area contributed by atoms with Crippen molar-refractivity contribution in [3.8, 4) is 17.3 Å². The summed E-state index contributed by atoms with van der Waals surface area (Å²) in [5.41, 5.74) is 1.60. The summed E-state index contributed by atoms with van der Waals surface area (Å²) < 4.78 is 13.5. The van der Waals surface area contributed by atoms with Gasteiger partial charge >= 0.3 is 0 Å². The molecule has 0 N–H and O–H groups in total. The molecule has 0 aliphatic heterocycles. The number of ether oxygens (including phenoxy) is 1. The molecule has 3 rings (SSSR count). The van der Waals surface area contributed by atoms with Crippen molar-refractivity contribution in [2.75, 3.05) is 19.6 Å². The Labute approximate surface area is 154 Å². The summed E-state index contributed by atoms with van der Waals surface area (Å²) >= 11 is 0. The van der Waals surface area contributed by atoms with E-state index in [2.05, 4.69) is 35.8 Å². The number of rotatable bonds is 9. The Balaban J connectivity index is 1.67. The van der Waals surface area contributed by atoms with Gasteiger partial charge in [0.25, 0.3) is 0 Å². The van der Waals surface area contributed by atoms with Crippen LogP contribution in [0.1, 0.15) is 39.4 Å². The maximum Gasteiger partial charge on any atom is 0.232 e. The third-order valence-corrected chi connectivity index (χ3v) is 4.63. The standard InChI is InChI=1S/C20H28N4O2/c1-5-23(6-2)13-7-8-15(3)26-20-12-11-19-21-14-17(24(19)22-20)18-10-9-16(4)25-18/h9-12,14-15H,5-8,13H2,1-4H3. The second-order valence-corrected chi connectivity index (χ2v) is 6.59. The summed E-state index contributed by atoms with van der Waals surface area (Å²) in [5, 5.41) is 4.60. The van der Waals surface area contributed by atoms with Crippen molar-refractivity contribution in [1.82, 2.24) is 19.5 Å². The molecular formula is C20H28N4O2. The van der Waals surface area contributed by atoms with Gasteiger partial charge in [0.15, 0.2) is 11.4 Å². The van der Waals surface area contributed by atoms with E-state index < -0.39 is 0 Å². The second kappa shape index (κ2) is 8.36. The van der Waals surface area contributed by atoms with Crippen molar-refractivity contribution in [2.45, 2.75) is 46.6 Å². The number of hydrogen-bond donors (Lipinski definition) is 0. The minimum atomic E-state index is 0.119. The summed E-state index contributed by atoms with van der Waals surface area (Å²) in [4.78, 5) is 6.82. The van der Waals surface area contributed by atoms with Crippen LogP contribution < -0.4 is 4.74 Å². The van der Waals surface area contributed by atoms with E-state index in [0.717, 1.165) is 55.3 Å². The molecule has 0 aliphatic carbocycles. The fourth-order valence-electron chi connectivity index (χ4n) is 3.07. The lowest BCUT2D eigenvalue weighted by Crippen LogP contribution is -2.25. The third kappa shape index (κ3) is 4.25. The number of furan rings is 1. The van der Waals surface area contributed by atoms with Crippen LogP contribution in [-0.2, 0) is 0 Å². The predicted octanol–water partition coefficient (Wildman–Crippen LogP) is 4.19. The molecule has 1 atom stereocenters. The summed E-state index contributed by atoms with van der Waals surface area (Å²) in [7, 11) is 0. The second-order valence-electron chi connectivity index (χ2n) is 6.59. The van der Waals surface area contributed by atoms with E-state index >= 15 is 0 Å². The van der Waals surface area contributed by atoms with Crippen LogP contribution in [0.15, 0.2) is 34.9 Å². The van der Waals surface area contributed by atoms with Crippen molar-refractivity contribution in [3.63, 3.8) is 0 Å². The van der Waals surface area contributed by atoms with E-state index in [0.29, 0.717) is 5.88 Å². The average molecular weight is 356 g/mol. The van der Waals surface area contributed by atoms with Crippen molar-refractivity contribution < 1.29 is 9.15 Å². The van der Waals surface area contributed by atoms with Crippen molar-refractivity contribution in [3.05, 3.63) is 36.2 Å². The van der Waals surface area contributed by atoms with Crippen LogP contribution in [0.25, 0.3) is 17.1 Å². The molecule has 0 saturated heterocycles. The highest BCUT2D eigenvalue weighted by Gasteiger charge is 2.13. The van der Waals surface area contributed by atoms with Crippen LogP contribution >= 0.6 is 0 Å². The number of nitrogens with zero attached hydrogens (tertiary/aromatic N) is 4. The lowest BCUT2D eigenvalue weighted by molar-refractivity contribution is 0.186. The minimum Gasteiger partial charge on any atom is -0.474 e. The van der Waals surface area contributed by atoms with E-state index in [4.69, 9.17) is 9.15 Å². The molecule has 0 amide bonds. The summed E-state index contributed by atoms with van der Waals surface area (Å²) in [5.74, 6) is 2.23. The highest BCUT2D eigenvalue weighted by molar-refractivity contribution is 5.58. The fraction of sp³-hybridized carbons (Fsp3) is 0.500. The predicted molar refractivity (Wildman–Crippen MR) is 103 cm³/mol. The van der Waals surface area contributed by atoms with E-state index in [1.807, 2.05) is 31.2 Å². The first-order valence-corrected chi connectivity index (χ1v) is 9.41. The van der Waals surface area contributed by atoms with Crippen LogP contribution in [0.5, 0.6) is 5.88 Å². The summed E-state index contributed by atoms with van der Waals surface area (Å²) in [6.45, 7) is 11.7. The molecule has 6 heteroatoms. The van der Waals surface area contributed by atoms with E-state index in [1.54, 1.807) is 10.7 Å². The van der Waals surface area contributed by atoms with Crippen LogP contribution in [0.2, 0.25) is 0 Å². The number of aromatic nitrogens is 3. The molecule has 0 spiro atoms. The Bertz CT molecular complexity index is 835. The molecular weight excluding hydrogens is 328 g/mol. The number of aryl methyl sites for hydroxylation is 1. The molecule has 140 valence electrons. The topological polar surface area (TPSA) is 55.8 Å². The maximum atomic E-state index is 6.03. The molecule has 3 aromatic rings. The van der Waals surface area contributed by atoms with Crippen LogP contribution in [0.4, 0.5) is 0 Å². The lowest BCUT2D eigenvalue weighted by atomic mass is 10.2. The molecule has 0 fully saturated rings. The highest BCUT2D eigenvalue weighted by atomic mass is 16.5. The third-order valence-electron chi connectivity index (χ3n) is 4.63. The molecule has 26 heavy (non-hydrogen) atoms. The smallest absolute Gasteiger partial charge is 0.232 e. The molecule has 0 saturated carbocycles. The van der Waals surface area contributed by atoms with Crippen molar-refractivity contribution in [2.24, 2.45) is 0 Å². The maximum absolute atomic E-state index is 6.03. The van der Waals surface area contributed by atoms with Crippen molar-refractivity contribution in [1.29, 1.82) is 0 Å². The van der Waals surface area contributed by atoms with Gasteiger partial charge in [-0.1, -0.05) is 13.8 Å². The van der Waals surface area contributed by atoms with Gasteiger partial charge in [-0.2, -0.15) is 0 Å². The zero-order valence-corrected chi connectivity index (χ0v) is 16.1. The van der Waals surface area contributed by atoms with Gasteiger partial charge < -0.3 is 14.1 Å². The molecule has 1 unspecified atom stereocenters. The van der Waals surface area contributed by atoms with Gasteiger partial charge in [-0.05, 0) is 64.5 Å². The molecule has 3 aromatic heterocycles. The summed E-state index contributed by atoms with van der Waals surface area (Å²) in [6, 6.07) is 7.67. The fourth-order valence-corrected chi connectivity index (χ4v) is 3.07. The lowest BCUT2D eigenvalue weighted by Gasteiger charge is -2.19. The van der Waals surface area contributed by atoms with Gasteiger partial charge in [0.05, 0.1) is 12.3 Å². The summed E-state index contributed by atoms with van der Waals surface area (Å²) in [6.07, 6.45) is 4.02. The first-order valence-electron chi connectivity index (χ1n) is 9.41. The minimum absolute atomic E-state index is 0.119. The van der Waals surface area contributed by atoms with Crippen LogP contribution in [-0.4, -0.2) is 45.2 Å². The van der Waals surface area contributed by atoms with Crippen molar-refractivity contribution >= 4 is 5.65 Å². The monoisotopic (exact) mass is 356 g/mol. The Morgan fingerprint density at radius 2 is 2.00 bits per heavy atom. The van der Waals surface area contributed by atoms with E-state index in [9.17, 15) is 0 Å². The zero-order chi connectivity index (χ0) is 18.5. The molecule has 6 nitrogen and oxygen atoms in total. The molecule has 3 heterocycles. The Morgan fingerprint density at radius 3 is 2.69 bits per heavy atom. The SMILES string of the molecule is CCN(CC)CCCC(C)Oc1ccc2ncc(-c3ccc(C)o3)n2n1. The van der Waals surface area contributed by atoms with Gasteiger partial charge in [-0.3, -0.25) is 0 Å². The molecule has 0 aromatic carbocycles. The quantitative estimate of drug-likeness (QED) is 0.575. The Kier molecular flexibility index (Phi) is 5.93. The molecule has 0 radical (unpaired) electrons. The van der Waals surface area contributed by atoms with Gasteiger partial charge in [-0.25, -0.2) is 9.50 Å². The average Bonchev–Trinajstić information content (AvgIpc) is 3.24. The van der Waals surface area contributed by atoms with E-state index in [1.165, 1.54) is 0 Å². The van der Waals surface area contributed by atoms with Crippen LogP contribution in [0.3, 0.4) is 0 Å². The highest BCUT2D eigenvalue weighted by Crippen LogP contribution is 2.23. The first-order chi connectivity index (χ1) is 12.6. The Morgan fingerprint density at radius 1 is 1.19 bits per heavy atom. The zero-order valence-electron chi connectivity index (χ0n) is 16.1. The number of hydrogen-bond acceptors (Lipinski definition) is 5. The number of fused-ring (bicyclic) bond motifs is 1. The molecule has 0 aliphatic rings. The first kappa shape index (κ1) is 18.5. The van der Waals surface area contributed by atoms with Crippen LogP contribution in [0, 0.1) is 6.92 Å². The van der Waals surface area contributed by atoms with Gasteiger partial charge in [-0.15, -0.1) is 5.10 Å². The molecule has 0 bridgehead atoms. The number of imidazole rings is 1. The van der Waals surface area contributed by atoms with Gasteiger partial charge in [0.2, 0.25) is 5.88 Å². The largest absolute Gasteiger partial charge is 0.474 e. The van der Waals surface area contributed by atoms with Gasteiger partial charge in [0, 0.05) is 6.07 Å². The van der Waals surface area contributed by atoms with Gasteiger partial charge in [0.1, 0.15) is 11.5 Å².